The standard InChI is InChI=1S/C17H25N3O2S/c1-2-13-8-10-15(11-9-13)22-12-16(21)19-20-17(23)18-14-6-4-3-5-7-14/h8-11,14H,2-7,12H2,1H3,(H,19,21)(H2,18,20,23). The highest BCUT2D eigenvalue weighted by atomic mass is 32.1. The Balaban J connectivity index is 1.62. The fraction of sp³-hybridized carbons (Fsp3) is 0.529. The molecule has 0 aromatic heterocycles. The molecule has 0 saturated heterocycles. The maximum absolute atomic E-state index is 11.8. The normalized spacial score (nSPS) is 14.8. The molecule has 126 valence electrons. The van der Waals surface area contributed by atoms with Gasteiger partial charge in [0.25, 0.3) is 5.91 Å². The molecule has 1 fully saturated rings. The van der Waals surface area contributed by atoms with Gasteiger partial charge in [-0.25, -0.2) is 0 Å². The van der Waals surface area contributed by atoms with E-state index in [0.29, 0.717) is 16.9 Å². The van der Waals surface area contributed by atoms with E-state index in [1.54, 1.807) is 0 Å². The van der Waals surface area contributed by atoms with Crippen molar-refractivity contribution < 1.29 is 9.53 Å². The van der Waals surface area contributed by atoms with E-state index >= 15 is 0 Å². The Labute approximate surface area is 143 Å². The summed E-state index contributed by atoms with van der Waals surface area (Å²) in [6.45, 7) is 2.05. The van der Waals surface area contributed by atoms with Crippen LogP contribution in [0.3, 0.4) is 0 Å². The smallest absolute Gasteiger partial charge is 0.276 e. The average molecular weight is 335 g/mol. The van der Waals surface area contributed by atoms with Gasteiger partial charge in [-0.05, 0) is 49.2 Å². The summed E-state index contributed by atoms with van der Waals surface area (Å²) >= 11 is 5.18. The molecule has 0 radical (unpaired) electrons. The van der Waals surface area contributed by atoms with Crippen LogP contribution in [0.5, 0.6) is 5.75 Å². The third-order valence-corrected chi connectivity index (χ3v) is 4.18. The van der Waals surface area contributed by atoms with E-state index in [-0.39, 0.29) is 12.5 Å². The molecule has 2 rings (SSSR count). The second-order valence-electron chi connectivity index (χ2n) is 5.77. The quantitative estimate of drug-likeness (QED) is 0.570. The SMILES string of the molecule is CCc1ccc(OCC(=O)NNC(=S)NC2CCCCC2)cc1. The Kier molecular flexibility index (Phi) is 7.13. The molecule has 1 aliphatic rings. The van der Waals surface area contributed by atoms with E-state index in [0.717, 1.165) is 19.3 Å². The van der Waals surface area contributed by atoms with Crippen LogP contribution < -0.4 is 20.9 Å². The lowest BCUT2D eigenvalue weighted by Gasteiger charge is -2.24. The molecule has 23 heavy (non-hydrogen) atoms. The number of ether oxygens (including phenoxy) is 1. The summed E-state index contributed by atoms with van der Waals surface area (Å²) in [5.74, 6) is 0.414. The van der Waals surface area contributed by atoms with Crippen molar-refractivity contribution in [2.24, 2.45) is 0 Å². The summed E-state index contributed by atoms with van der Waals surface area (Å²) in [5.41, 5.74) is 6.51. The molecule has 1 amide bonds. The fourth-order valence-electron chi connectivity index (χ4n) is 2.60. The van der Waals surface area contributed by atoms with Crippen molar-refractivity contribution in [3.8, 4) is 5.75 Å². The van der Waals surface area contributed by atoms with Crippen LogP contribution in [0, 0.1) is 0 Å². The number of nitrogens with one attached hydrogen (secondary N) is 3. The van der Waals surface area contributed by atoms with E-state index < -0.39 is 0 Å². The third-order valence-electron chi connectivity index (χ3n) is 3.96. The molecular formula is C17H25N3O2S. The monoisotopic (exact) mass is 335 g/mol. The van der Waals surface area contributed by atoms with Gasteiger partial charge in [0.05, 0.1) is 0 Å². The zero-order chi connectivity index (χ0) is 16.5. The lowest BCUT2D eigenvalue weighted by atomic mass is 9.96. The average Bonchev–Trinajstić information content (AvgIpc) is 2.59. The van der Waals surface area contributed by atoms with Crippen LogP contribution in [0.4, 0.5) is 0 Å². The highest BCUT2D eigenvalue weighted by Crippen LogP contribution is 2.17. The van der Waals surface area contributed by atoms with Gasteiger partial charge in [-0.1, -0.05) is 38.3 Å². The highest BCUT2D eigenvalue weighted by molar-refractivity contribution is 7.80. The zero-order valence-corrected chi connectivity index (χ0v) is 14.4. The molecule has 0 unspecified atom stereocenters. The summed E-state index contributed by atoms with van der Waals surface area (Å²) in [6, 6.07) is 8.14. The number of hydrogen-bond acceptors (Lipinski definition) is 3. The highest BCUT2D eigenvalue weighted by Gasteiger charge is 2.14. The Morgan fingerprint density at radius 3 is 2.52 bits per heavy atom. The zero-order valence-electron chi connectivity index (χ0n) is 13.6. The van der Waals surface area contributed by atoms with Gasteiger partial charge in [0.1, 0.15) is 5.75 Å². The number of aryl methyl sites for hydroxylation is 1. The number of hydrazine groups is 1. The first-order valence-electron chi connectivity index (χ1n) is 8.24. The second kappa shape index (κ2) is 9.35. The number of benzene rings is 1. The molecule has 1 aliphatic carbocycles. The molecule has 0 atom stereocenters. The minimum absolute atomic E-state index is 0.0511. The number of carbonyl (C=O) groups is 1. The van der Waals surface area contributed by atoms with Gasteiger partial charge in [-0.3, -0.25) is 15.6 Å². The fourth-order valence-corrected chi connectivity index (χ4v) is 2.82. The molecule has 0 bridgehead atoms. The molecule has 1 aromatic carbocycles. The van der Waals surface area contributed by atoms with Crippen molar-refractivity contribution in [3.05, 3.63) is 29.8 Å². The van der Waals surface area contributed by atoms with E-state index in [4.69, 9.17) is 17.0 Å². The van der Waals surface area contributed by atoms with E-state index in [9.17, 15) is 4.79 Å². The van der Waals surface area contributed by atoms with Crippen LogP contribution in [-0.4, -0.2) is 23.7 Å². The lowest BCUT2D eigenvalue weighted by Crippen LogP contribution is -2.51. The Morgan fingerprint density at radius 2 is 1.87 bits per heavy atom. The van der Waals surface area contributed by atoms with E-state index in [1.807, 2.05) is 24.3 Å². The van der Waals surface area contributed by atoms with Crippen LogP contribution in [0.15, 0.2) is 24.3 Å². The molecule has 0 spiro atoms. The van der Waals surface area contributed by atoms with Gasteiger partial charge in [-0.2, -0.15) is 0 Å². The minimum atomic E-state index is -0.266. The first kappa shape index (κ1) is 17.5. The predicted molar refractivity (Wildman–Crippen MR) is 95.2 cm³/mol. The maximum Gasteiger partial charge on any atom is 0.276 e. The van der Waals surface area contributed by atoms with Crippen LogP contribution >= 0.6 is 12.2 Å². The molecule has 1 saturated carbocycles. The third kappa shape index (κ3) is 6.44. The maximum atomic E-state index is 11.8. The van der Waals surface area contributed by atoms with Gasteiger partial charge in [0, 0.05) is 6.04 Å². The number of carbonyl (C=O) groups excluding carboxylic acids is 1. The molecule has 6 heteroatoms. The predicted octanol–water partition coefficient (Wildman–Crippen LogP) is 2.46. The summed E-state index contributed by atoms with van der Waals surface area (Å²) in [6.07, 6.45) is 7.01. The first-order valence-corrected chi connectivity index (χ1v) is 8.65. The molecule has 3 N–H and O–H groups in total. The van der Waals surface area contributed by atoms with Crippen molar-refractivity contribution in [2.45, 2.75) is 51.5 Å². The van der Waals surface area contributed by atoms with Crippen LogP contribution in [-0.2, 0) is 11.2 Å². The Hall–Kier alpha value is -1.82. The van der Waals surface area contributed by atoms with E-state index in [1.165, 1.54) is 24.8 Å². The van der Waals surface area contributed by atoms with Gasteiger partial charge < -0.3 is 10.1 Å². The van der Waals surface area contributed by atoms with Crippen molar-refractivity contribution in [3.63, 3.8) is 0 Å². The van der Waals surface area contributed by atoms with Crippen LogP contribution in [0.1, 0.15) is 44.6 Å². The second-order valence-corrected chi connectivity index (χ2v) is 6.18. The van der Waals surface area contributed by atoms with Crippen molar-refractivity contribution in [2.75, 3.05) is 6.61 Å². The van der Waals surface area contributed by atoms with Crippen molar-refractivity contribution in [1.29, 1.82) is 0 Å². The molecule has 5 nitrogen and oxygen atoms in total. The summed E-state index contributed by atoms with van der Waals surface area (Å²) in [7, 11) is 0. The van der Waals surface area contributed by atoms with Gasteiger partial charge in [0.2, 0.25) is 0 Å². The Morgan fingerprint density at radius 1 is 1.17 bits per heavy atom. The van der Waals surface area contributed by atoms with Crippen molar-refractivity contribution in [1.82, 2.24) is 16.2 Å². The number of hydrogen-bond donors (Lipinski definition) is 3. The summed E-state index contributed by atoms with van der Waals surface area (Å²) in [4.78, 5) is 11.8. The number of thiocarbonyl (C=S) groups is 1. The van der Waals surface area contributed by atoms with Gasteiger partial charge in [-0.15, -0.1) is 0 Å². The molecule has 1 aromatic rings. The molecular weight excluding hydrogens is 310 g/mol. The Bertz CT molecular complexity index is 513. The lowest BCUT2D eigenvalue weighted by molar-refractivity contribution is -0.123. The number of amides is 1. The minimum Gasteiger partial charge on any atom is -0.484 e. The van der Waals surface area contributed by atoms with Gasteiger partial charge >= 0.3 is 0 Å². The first-order chi connectivity index (χ1) is 11.2. The van der Waals surface area contributed by atoms with Crippen LogP contribution in [0.2, 0.25) is 0 Å². The van der Waals surface area contributed by atoms with E-state index in [2.05, 4.69) is 23.1 Å². The number of rotatable bonds is 5. The summed E-state index contributed by atoms with van der Waals surface area (Å²) < 4.78 is 5.43. The summed E-state index contributed by atoms with van der Waals surface area (Å²) in [5, 5.41) is 3.68. The molecule has 0 heterocycles. The van der Waals surface area contributed by atoms with Gasteiger partial charge in [0.15, 0.2) is 11.7 Å². The van der Waals surface area contributed by atoms with Crippen molar-refractivity contribution >= 4 is 23.2 Å². The largest absolute Gasteiger partial charge is 0.484 e. The molecule has 0 aliphatic heterocycles. The topological polar surface area (TPSA) is 62.4 Å². The van der Waals surface area contributed by atoms with Crippen LogP contribution in [0.25, 0.3) is 0 Å².